The molecule has 3 nitrogen and oxygen atoms in total. The van der Waals surface area contributed by atoms with E-state index in [9.17, 15) is 4.79 Å². The van der Waals surface area contributed by atoms with E-state index in [1.165, 1.54) is 11.1 Å². The molecule has 2 aromatic rings. The van der Waals surface area contributed by atoms with E-state index in [2.05, 4.69) is 31.3 Å². The monoisotopic (exact) mass is 311 g/mol. The number of carbonyl (C=O) groups is 1. The van der Waals surface area contributed by atoms with Gasteiger partial charge in [-0.1, -0.05) is 43.3 Å². The number of hydrogen-bond acceptors (Lipinski definition) is 2. The van der Waals surface area contributed by atoms with Crippen LogP contribution in [0.2, 0.25) is 0 Å². The molecule has 0 spiro atoms. The van der Waals surface area contributed by atoms with Crippen LogP contribution >= 0.6 is 0 Å². The highest BCUT2D eigenvalue weighted by Crippen LogP contribution is 2.21. The molecule has 0 heterocycles. The van der Waals surface area contributed by atoms with Crippen molar-refractivity contribution < 1.29 is 9.53 Å². The molecule has 0 bridgehead atoms. The molecule has 0 radical (unpaired) electrons. The first-order valence-electron chi connectivity index (χ1n) is 8.03. The van der Waals surface area contributed by atoms with Gasteiger partial charge in [0.05, 0.1) is 19.6 Å². The molecule has 1 unspecified atom stereocenters. The van der Waals surface area contributed by atoms with Gasteiger partial charge in [-0.25, -0.2) is 0 Å². The van der Waals surface area contributed by atoms with Crippen molar-refractivity contribution in [2.75, 3.05) is 7.11 Å². The highest BCUT2D eigenvalue weighted by molar-refractivity contribution is 5.79. The highest BCUT2D eigenvalue weighted by atomic mass is 16.5. The predicted molar refractivity (Wildman–Crippen MR) is 93.8 cm³/mol. The third-order valence-corrected chi connectivity index (χ3v) is 4.13. The van der Waals surface area contributed by atoms with Crippen LogP contribution in [0.5, 0.6) is 5.75 Å². The second kappa shape index (κ2) is 7.82. The molecule has 0 aliphatic carbocycles. The van der Waals surface area contributed by atoms with Crippen molar-refractivity contribution in [1.82, 2.24) is 5.32 Å². The summed E-state index contributed by atoms with van der Waals surface area (Å²) in [4.78, 5) is 12.4. The lowest BCUT2D eigenvalue weighted by Gasteiger charge is -2.19. The molecule has 1 atom stereocenters. The summed E-state index contributed by atoms with van der Waals surface area (Å²) in [6, 6.07) is 14.1. The standard InChI is InChI=1S/C20H25NO2/c1-5-18(17-9-7-6-8-14(17)2)21-20(22)13-16-10-11-19(23-4)15(3)12-16/h6-12,18H,5,13H2,1-4H3,(H,21,22). The van der Waals surface area contributed by atoms with Crippen LogP contribution in [0.3, 0.4) is 0 Å². The zero-order valence-electron chi connectivity index (χ0n) is 14.3. The van der Waals surface area contributed by atoms with Crippen molar-refractivity contribution in [2.45, 2.75) is 39.7 Å². The summed E-state index contributed by atoms with van der Waals surface area (Å²) in [6.07, 6.45) is 1.26. The van der Waals surface area contributed by atoms with Crippen LogP contribution in [-0.2, 0) is 11.2 Å². The Morgan fingerprint density at radius 1 is 1.13 bits per heavy atom. The lowest BCUT2D eigenvalue weighted by atomic mass is 9.99. The van der Waals surface area contributed by atoms with Crippen LogP contribution in [0.1, 0.15) is 41.6 Å². The van der Waals surface area contributed by atoms with Gasteiger partial charge in [0.2, 0.25) is 5.91 Å². The summed E-state index contributed by atoms with van der Waals surface area (Å²) in [5, 5.41) is 3.15. The van der Waals surface area contributed by atoms with E-state index in [0.29, 0.717) is 6.42 Å². The van der Waals surface area contributed by atoms with Gasteiger partial charge in [-0.05, 0) is 48.6 Å². The van der Waals surface area contributed by atoms with E-state index in [-0.39, 0.29) is 11.9 Å². The summed E-state index contributed by atoms with van der Waals surface area (Å²) < 4.78 is 5.26. The molecule has 1 N–H and O–H groups in total. The molecule has 122 valence electrons. The zero-order valence-corrected chi connectivity index (χ0v) is 14.3. The highest BCUT2D eigenvalue weighted by Gasteiger charge is 2.15. The van der Waals surface area contributed by atoms with Crippen LogP contribution in [0, 0.1) is 13.8 Å². The second-order valence-corrected chi connectivity index (χ2v) is 5.87. The average Bonchev–Trinajstić information content (AvgIpc) is 2.53. The molecule has 0 aliphatic heterocycles. The summed E-state index contributed by atoms with van der Waals surface area (Å²) in [5.41, 5.74) is 4.44. The Labute approximate surface area is 138 Å². The number of aryl methyl sites for hydroxylation is 2. The zero-order chi connectivity index (χ0) is 16.8. The van der Waals surface area contributed by atoms with E-state index < -0.39 is 0 Å². The minimum Gasteiger partial charge on any atom is -0.496 e. The van der Waals surface area contributed by atoms with Crippen molar-refractivity contribution >= 4 is 5.91 Å². The predicted octanol–water partition coefficient (Wildman–Crippen LogP) is 4.12. The Balaban J connectivity index is 2.06. The van der Waals surface area contributed by atoms with E-state index >= 15 is 0 Å². The smallest absolute Gasteiger partial charge is 0.224 e. The van der Waals surface area contributed by atoms with Crippen molar-refractivity contribution in [1.29, 1.82) is 0 Å². The van der Waals surface area contributed by atoms with E-state index in [1.54, 1.807) is 7.11 Å². The fourth-order valence-corrected chi connectivity index (χ4v) is 2.86. The largest absolute Gasteiger partial charge is 0.496 e. The van der Waals surface area contributed by atoms with Gasteiger partial charge < -0.3 is 10.1 Å². The molecule has 2 rings (SSSR count). The van der Waals surface area contributed by atoms with Crippen LogP contribution < -0.4 is 10.1 Å². The Bertz CT molecular complexity index is 679. The van der Waals surface area contributed by atoms with Gasteiger partial charge in [-0.15, -0.1) is 0 Å². The number of methoxy groups -OCH3 is 1. The molecule has 23 heavy (non-hydrogen) atoms. The van der Waals surface area contributed by atoms with Gasteiger partial charge >= 0.3 is 0 Å². The first-order chi connectivity index (χ1) is 11.0. The average molecular weight is 311 g/mol. The number of amides is 1. The van der Waals surface area contributed by atoms with Gasteiger partial charge in [0, 0.05) is 0 Å². The number of benzene rings is 2. The molecule has 0 saturated carbocycles. The maximum Gasteiger partial charge on any atom is 0.224 e. The van der Waals surface area contributed by atoms with Crippen LogP contribution in [0.25, 0.3) is 0 Å². The SMILES string of the molecule is CCC(NC(=O)Cc1ccc(OC)c(C)c1)c1ccccc1C. The summed E-state index contributed by atoms with van der Waals surface area (Å²) >= 11 is 0. The molecule has 0 aromatic heterocycles. The molecule has 3 heteroatoms. The maximum absolute atomic E-state index is 12.4. The minimum atomic E-state index is 0.0460. The third-order valence-electron chi connectivity index (χ3n) is 4.13. The van der Waals surface area contributed by atoms with E-state index in [4.69, 9.17) is 4.74 Å². The quantitative estimate of drug-likeness (QED) is 0.871. The molecule has 0 fully saturated rings. The molecule has 1 amide bonds. The lowest BCUT2D eigenvalue weighted by Crippen LogP contribution is -2.29. The normalized spacial score (nSPS) is 11.8. The van der Waals surface area contributed by atoms with Gasteiger partial charge in [-0.3, -0.25) is 4.79 Å². The number of carbonyl (C=O) groups excluding carboxylic acids is 1. The van der Waals surface area contributed by atoms with E-state index in [0.717, 1.165) is 23.3 Å². The fraction of sp³-hybridized carbons (Fsp3) is 0.350. The summed E-state index contributed by atoms with van der Waals surface area (Å²) in [5.74, 6) is 0.894. The molecule has 0 aliphatic rings. The van der Waals surface area contributed by atoms with Gasteiger partial charge in [-0.2, -0.15) is 0 Å². The van der Waals surface area contributed by atoms with Crippen molar-refractivity contribution in [3.63, 3.8) is 0 Å². The van der Waals surface area contributed by atoms with Crippen molar-refractivity contribution in [3.8, 4) is 5.75 Å². The molecule has 0 saturated heterocycles. The van der Waals surface area contributed by atoms with Crippen LogP contribution in [0.15, 0.2) is 42.5 Å². The topological polar surface area (TPSA) is 38.3 Å². The Morgan fingerprint density at radius 2 is 1.87 bits per heavy atom. The van der Waals surface area contributed by atoms with Gasteiger partial charge in [0.25, 0.3) is 0 Å². The second-order valence-electron chi connectivity index (χ2n) is 5.87. The van der Waals surface area contributed by atoms with Crippen molar-refractivity contribution in [3.05, 3.63) is 64.7 Å². The number of ether oxygens (including phenoxy) is 1. The third kappa shape index (κ3) is 4.35. The van der Waals surface area contributed by atoms with Crippen LogP contribution in [0.4, 0.5) is 0 Å². The molecular weight excluding hydrogens is 286 g/mol. The fourth-order valence-electron chi connectivity index (χ4n) is 2.86. The number of nitrogens with one attached hydrogen (secondary N) is 1. The first-order valence-corrected chi connectivity index (χ1v) is 8.03. The Morgan fingerprint density at radius 3 is 2.48 bits per heavy atom. The number of rotatable bonds is 6. The minimum absolute atomic E-state index is 0.0460. The first kappa shape index (κ1) is 17.1. The molecular formula is C20H25NO2. The van der Waals surface area contributed by atoms with Gasteiger partial charge in [0.1, 0.15) is 5.75 Å². The van der Waals surface area contributed by atoms with Crippen molar-refractivity contribution in [2.24, 2.45) is 0 Å². The van der Waals surface area contributed by atoms with Gasteiger partial charge in [0.15, 0.2) is 0 Å². The maximum atomic E-state index is 12.4. The lowest BCUT2D eigenvalue weighted by molar-refractivity contribution is -0.121. The Kier molecular flexibility index (Phi) is 5.80. The van der Waals surface area contributed by atoms with E-state index in [1.807, 2.05) is 37.3 Å². The summed E-state index contributed by atoms with van der Waals surface area (Å²) in [7, 11) is 1.66. The summed E-state index contributed by atoms with van der Waals surface area (Å²) in [6.45, 7) is 6.16. The molecule has 2 aromatic carbocycles. The van der Waals surface area contributed by atoms with Crippen LogP contribution in [-0.4, -0.2) is 13.0 Å². The Hall–Kier alpha value is -2.29. The number of hydrogen-bond donors (Lipinski definition) is 1.